The minimum Gasteiger partial charge on any atom is -0.460 e. The summed E-state index contributed by atoms with van der Waals surface area (Å²) < 4.78 is 9.88. The highest BCUT2D eigenvalue weighted by Gasteiger charge is 2.40. The van der Waals surface area contributed by atoms with Gasteiger partial charge in [-0.3, -0.25) is 4.79 Å². The van der Waals surface area contributed by atoms with E-state index >= 15 is 0 Å². The zero-order chi connectivity index (χ0) is 15.0. The van der Waals surface area contributed by atoms with E-state index in [2.05, 4.69) is 10.6 Å². The van der Waals surface area contributed by atoms with Gasteiger partial charge in [-0.1, -0.05) is 19.8 Å². The second kappa shape index (κ2) is 8.39. The van der Waals surface area contributed by atoms with Crippen LogP contribution in [0.5, 0.6) is 0 Å². The summed E-state index contributed by atoms with van der Waals surface area (Å²) in [5.74, 6) is -0.796. The number of ether oxygens (including phenoxy) is 2. The molecule has 2 amide bonds. The van der Waals surface area contributed by atoms with Gasteiger partial charge < -0.3 is 20.1 Å². The normalized spacial score (nSPS) is 21.2. The van der Waals surface area contributed by atoms with Gasteiger partial charge in [0.15, 0.2) is 12.1 Å². The van der Waals surface area contributed by atoms with E-state index in [9.17, 15) is 14.4 Å². The molecule has 1 aliphatic heterocycles. The van der Waals surface area contributed by atoms with E-state index in [1.807, 2.05) is 6.92 Å². The maximum atomic E-state index is 11.7. The number of carbonyl (C=O) groups is 3. The molecule has 114 valence electrons. The monoisotopic (exact) mass is 286 g/mol. The van der Waals surface area contributed by atoms with Crippen molar-refractivity contribution in [1.29, 1.82) is 0 Å². The fourth-order valence-corrected chi connectivity index (χ4v) is 1.86. The maximum Gasteiger partial charge on any atom is 0.407 e. The quantitative estimate of drug-likeness (QED) is 0.531. The molecule has 1 rings (SSSR count). The summed E-state index contributed by atoms with van der Waals surface area (Å²) in [6.45, 7) is 4.19. The predicted molar refractivity (Wildman–Crippen MR) is 71.0 cm³/mol. The first-order chi connectivity index (χ1) is 9.58. The van der Waals surface area contributed by atoms with Gasteiger partial charge in [0.1, 0.15) is 6.61 Å². The summed E-state index contributed by atoms with van der Waals surface area (Å²) in [6, 6.07) is -0.910. The summed E-state index contributed by atoms with van der Waals surface area (Å²) in [5, 5.41) is 5.03. The lowest BCUT2D eigenvalue weighted by atomic mass is 10.1. The van der Waals surface area contributed by atoms with Crippen LogP contribution in [0, 0.1) is 0 Å². The van der Waals surface area contributed by atoms with E-state index in [1.54, 1.807) is 6.92 Å². The molecule has 0 aromatic heterocycles. The minimum absolute atomic E-state index is 0.0319. The van der Waals surface area contributed by atoms with Gasteiger partial charge in [-0.15, -0.1) is 0 Å². The SMILES string of the molecule is CCCCCC(=O)N[C@@H]1C(=O)OC[C@@H]1OC(=O)NCC. The Bertz CT molecular complexity index is 359. The van der Waals surface area contributed by atoms with E-state index in [1.165, 1.54) is 0 Å². The smallest absolute Gasteiger partial charge is 0.407 e. The number of hydrogen-bond donors (Lipinski definition) is 2. The van der Waals surface area contributed by atoms with Crippen LogP contribution in [-0.4, -0.2) is 43.3 Å². The molecule has 0 aliphatic carbocycles. The van der Waals surface area contributed by atoms with Gasteiger partial charge in [0.05, 0.1) is 0 Å². The van der Waals surface area contributed by atoms with Crippen LogP contribution in [0.4, 0.5) is 4.79 Å². The Morgan fingerprint density at radius 3 is 2.75 bits per heavy atom. The van der Waals surface area contributed by atoms with E-state index in [-0.39, 0.29) is 12.5 Å². The van der Waals surface area contributed by atoms with Crippen molar-refractivity contribution in [3.05, 3.63) is 0 Å². The zero-order valence-corrected chi connectivity index (χ0v) is 11.9. The van der Waals surface area contributed by atoms with Crippen LogP contribution in [0.2, 0.25) is 0 Å². The van der Waals surface area contributed by atoms with Gasteiger partial charge in [-0.05, 0) is 13.3 Å². The number of esters is 1. The number of alkyl carbamates (subject to hydrolysis) is 1. The molecule has 1 heterocycles. The Balaban J connectivity index is 2.45. The summed E-state index contributed by atoms with van der Waals surface area (Å²) in [6.07, 6.45) is 1.70. The third-order valence-corrected chi connectivity index (χ3v) is 2.92. The van der Waals surface area contributed by atoms with Gasteiger partial charge in [0.2, 0.25) is 5.91 Å². The van der Waals surface area contributed by atoms with E-state index in [4.69, 9.17) is 9.47 Å². The van der Waals surface area contributed by atoms with Crippen molar-refractivity contribution in [2.45, 2.75) is 51.7 Å². The van der Waals surface area contributed by atoms with E-state index < -0.39 is 24.2 Å². The highest BCUT2D eigenvalue weighted by molar-refractivity contribution is 5.86. The molecule has 1 fully saturated rings. The standard InChI is InChI=1S/C13H22N2O5/c1-3-5-6-7-10(16)15-11-9(8-19-12(11)17)20-13(18)14-4-2/h9,11H,3-8H2,1-2H3,(H,14,18)(H,15,16)/t9-,11-/m0/s1. The summed E-state index contributed by atoms with van der Waals surface area (Å²) >= 11 is 0. The molecule has 0 saturated carbocycles. The van der Waals surface area contributed by atoms with Crippen molar-refractivity contribution in [3.8, 4) is 0 Å². The molecular weight excluding hydrogens is 264 g/mol. The molecule has 2 atom stereocenters. The van der Waals surface area contributed by atoms with Crippen molar-refractivity contribution < 1.29 is 23.9 Å². The fraction of sp³-hybridized carbons (Fsp3) is 0.769. The number of rotatable bonds is 7. The van der Waals surface area contributed by atoms with Gasteiger partial charge in [0.25, 0.3) is 0 Å². The van der Waals surface area contributed by atoms with Crippen LogP contribution in [0.15, 0.2) is 0 Å². The van der Waals surface area contributed by atoms with Gasteiger partial charge in [0, 0.05) is 13.0 Å². The molecule has 0 aromatic carbocycles. The average molecular weight is 286 g/mol. The van der Waals surface area contributed by atoms with Crippen LogP contribution in [-0.2, 0) is 19.1 Å². The van der Waals surface area contributed by atoms with Crippen LogP contribution in [0.25, 0.3) is 0 Å². The third kappa shape index (κ3) is 5.07. The van der Waals surface area contributed by atoms with Crippen LogP contribution in [0.3, 0.4) is 0 Å². The largest absolute Gasteiger partial charge is 0.460 e. The molecular formula is C13H22N2O5. The van der Waals surface area contributed by atoms with Crippen molar-refractivity contribution in [2.75, 3.05) is 13.2 Å². The number of nitrogens with one attached hydrogen (secondary N) is 2. The fourth-order valence-electron chi connectivity index (χ4n) is 1.86. The molecule has 1 aliphatic rings. The molecule has 20 heavy (non-hydrogen) atoms. The third-order valence-electron chi connectivity index (χ3n) is 2.92. The van der Waals surface area contributed by atoms with Crippen molar-refractivity contribution >= 4 is 18.0 Å². The Kier molecular flexibility index (Phi) is 6.83. The minimum atomic E-state index is -0.910. The first kappa shape index (κ1) is 16.3. The summed E-state index contributed by atoms with van der Waals surface area (Å²) in [5.41, 5.74) is 0. The molecule has 1 saturated heterocycles. The number of cyclic esters (lactones) is 1. The molecule has 0 bridgehead atoms. The Hall–Kier alpha value is -1.79. The molecule has 2 N–H and O–H groups in total. The Morgan fingerprint density at radius 2 is 2.10 bits per heavy atom. The Morgan fingerprint density at radius 1 is 1.35 bits per heavy atom. The highest BCUT2D eigenvalue weighted by atomic mass is 16.6. The topological polar surface area (TPSA) is 93.7 Å². The second-order valence-corrected chi connectivity index (χ2v) is 4.61. The number of amides is 2. The van der Waals surface area contributed by atoms with E-state index in [0.717, 1.165) is 19.3 Å². The van der Waals surface area contributed by atoms with E-state index in [0.29, 0.717) is 13.0 Å². The number of carbonyl (C=O) groups excluding carboxylic acids is 3. The molecule has 7 heteroatoms. The lowest BCUT2D eigenvalue weighted by molar-refractivity contribution is -0.141. The lowest BCUT2D eigenvalue weighted by Crippen LogP contribution is -2.47. The number of hydrogen-bond acceptors (Lipinski definition) is 5. The van der Waals surface area contributed by atoms with Crippen LogP contribution >= 0.6 is 0 Å². The average Bonchev–Trinajstić information content (AvgIpc) is 2.72. The molecule has 0 radical (unpaired) electrons. The van der Waals surface area contributed by atoms with Crippen molar-refractivity contribution in [1.82, 2.24) is 10.6 Å². The maximum absolute atomic E-state index is 11.7. The van der Waals surface area contributed by atoms with Gasteiger partial charge >= 0.3 is 12.1 Å². The second-order valence-electron chi connectivity index (χ2n) is 4.61. The number of unbranched alkanes of at least 4 members (excludes halogenated alkanes) is 2. The molecule has 0 aromatic rings. The van der Waals surface area contributed by atoms with Crippen LogP contribution in [0.1, 0.15) is 39.5 Å². The van der Waals surface area contributed by atoms with Gasteiger partial charge in [-0.25, -0.2) is 9.59 Å². The first-order valence-electron chi connectivity index (χ1n) is 6.99. The molecule has 0 unspecified atom stereocenters. The lowest BCUT2D eigenvalue weighted by Gasteiger charge is -2.17. The molecule has 7 nitrogen and oxygen atoms in total. The molecule has 0 spiro atoms. The predicted octanol–water partition coefficient (Wildman–Crippen LogP) is 0.723. The summed E-state index contributed by atoms with van der Waals surface area (Å²) in [4.78, 5) is 34.6. The summed E-state index contributed by atoms with van der Waals surface area (Å²) in [7, 11) is 0. The van der Waals surface area contributed by atoms with Gasteiger partial charge in [-0.2, -0.15) is 0 Å². The zero-order valence-electron chi connectivity index (χ0n) is 11.9. The van der Waals surface area contributed by atoms with Crippen molar-refractivity contribution in [3.63, 3.8) is 0 Å². The first-order valence-corrected chi connectivity index (χ1v) is 6.99. The Labute approximate surface area is 118 Å². The van der Waals surface area contributed by atoms with Crippen LogP contribution < -0.4 is 10.6 Å². The highest BCUT2D eigenvalue weighted by Crippen LogP contribution is 2.12. The van der Waals surface area contributed by atoms with Crippen molar-refractivity contribution in [2.24, 2.45) is 0 Å².